The maximum Gasteiger partial charge on any atom is 0.310 e. The first-order chi connectivity index (χ1) is 12.6. The molecule has 2 unspecified atom stereocenters. The number of carbonyl (C=O) groups is 1. The minimum atomic E-state index is -0.128. The molecule has 144 valence electrons. The van der Waals surface area contributed by atoms with Crippen LogP contribution in [0, 0.1) is 11.8 Å². The van der Waals surface area contributed by atoms with Crippen LogP contribution in [0.3, 0.4) is 0 Å². The van der Waals surface area contributed by atoms with Gasteiger partial charge in [0, 0.05) is 45.5 Å². The van der Waals surface area contributed by atoms with E-state index in [1.165, 1.54) is 12.8 Å². The molecule has 0 saturated carbocycles. The number of benzene rings is 1. The number of esters is 1. The summed E-state index contributed by atoms with van der Waals surface area (Å²) in [7, 11) is 3.25. The van der Waals surface area contributed by atoms with Gasteiger partial charge >= 0.3 is 5.97 Å². The Bertz CT molecular complexity index is 591. The predicted octanol–water partition coefficient (Wildman–Crippen LogP) is 2.22. The van der Waals surface area contributed by atoms with Crippen LogP contribution in [0.15, 0.2) is 35.3 Å². The van der Waals surface area contributed by atoms with Crippen molar-refractivity contribution in [2.75, 3.05) is 51.8 Å². The fourth-order valence-corrected chi connectivity index (χ4v) is 3.51. The first-order valence-corrected chi connectivity index (χ1v) is 9.44. The van der Waals surface area contributed by atoms with E-state index in [1.54, 1.807) is 7.05 Å². The Morgan fingerprint density at radius 1 is 1.35 bits per heavy atom. The highest BCUT2D eigenvalue weighted by atomic mass is 16.5. The molecule has 0 amide bonds. The number of anilines is 1. The molecule has 26 heavy (non-hydrogen) atoms. The summed E-state index contributed by atoms with van der Waals surface area (Å²) >= 11 is 0. The summed E-state index contributed by atoms with van der Waals surface area (Å²) in [5.41, 5.74) is 1.26. The minimum Gasteiger partial charge on any atom is -0.469 e. The number of carbonyl (C=O) groups excluding carboxylic acids is 1. The summed E-state index contributed by atoms with van der Waals surface area (Å²) in [6.45, 7) is 8.59. The molecule has 1 aromatic carbocycles. The van der Waals surface area contributed by atoms with Crippen LogP contribution in [0.25, 0.3) is 0 Å². The zero-order valence-corrected chi connectivity index (χ0v) is 16.4. The third kappa shape index (κ3) is 5.13. The fraction of sp³-hybridized carbons (Fsp3) is 0.600. The van der Waals surface area contributed by atoms with E-state index in [0.29, 0.717) is 6.54 Å². The molecule has 0 radical (unpaired) electrons. The summed E-state index contributed by atoms with van der Waals surface area (Å²) in [6.07, 6.45) is 1.02. The Labute approximate surface area is 157 Å². The van der Waals surface area contributed by atoms with Gasteiger partial charge in [0.25, 0.3) is 0 Å². The largest absolute Gasteiger partial charge is 0.469 e. The molecule has 1 aromatic rings. The maximum absolute atomic E-state index is 11.9. The summed E-state index contributed by atoms with van der Waals surface area (Å²) in [5.74, 6) is 0.935. The normalized spacial score (nSPS) is 20.2. The van der Waals surface area contributed by atoms with Crippen molar-refractivity contribution in [2.45, 2.75) is 20.3 Å². The van der Waals surface area contributed by atoms with Crippen molar-refractivity contribution in [2.24, 2.45) is 16.8 Å². The van der Waals surface area contributed by atoms with Gasteiger partial charge in [-0.1, -0.05) is 25.1 Å². The molecule has 0 aromatic heterocycles. The van der Waals surface area contributed by atoms with Crippen molar-refractivity contribution in [1.29, 1.82) is 0 Å². The van der Waals surface area contributed by atoms with E-state index in [1.807, 2.05) is 6.07 Å². The van der Waals surface area contributed by atoms with Crippen LogP contribution in [0.5, 0.6) is 0 Å². The Morgan fingerprint density at radius 2 is 2.08 bits per heavy atom. The van der Waals surface area contributed by atoms with E-state index in [9.17, 15) is 4.79 Å². The Balaban J connectivity index is 1.80. The van der Waals surface area contributed by atoms with Crippen molar-refractivity contribution in [3.63, 3.8) is 0 Å². The van der Waals surface area contributed by atoms with Crippen molar-refractivity contribution >= 4 is 17.6 Å². The number of likely N-dealkylation sites (tertiary alicyclic amines) is 1. The highest BCUT2D eigenvalue weighted by molar-refractivity contribution is 5.82. The molecule has 6 heteroatoms. The van der Waals surface area contributed by atoms with Crippen LogP contribution in [0.1, 0.15) is 20.3 Å². The molecular weight excluding hydrogens is 328 g/mol. The number of guanidine groups is 1. The molecule has 1 N–H and O–H groups in total. The van der Waals surface area contributed by atoms with Gasteiger partial charge in [-0.15, -0.1) is 0 Å². The summed E-state index contributed by atoms with van der Waals surface area (Å²) in [6, 6.07) is 10.5. The second kappa shape index (κ2) is 10.0. The molecule has 1 fully saturated rings. The van der Waals surface area contributed by atoms with Crippen LogP contribution >= 0.6 is 0 Å². The average molecular weight is 361 g/mol. The van der Waals surface area contributed by atoms with Gasteiger partial charge in [-0.25, -0.2) is 0 Å². The first-order valence-electron chi connectivity index (χ1n) is 9.44. The third-order valence-electron chi connectivity index (χ3n) is 5.02. The number of aliphatic imine (C=N–C) groups is 1. The monoisotopic (exact) mass is 360 g/mol. The van der Waals surface area contributed by atoms with Gasteiger partial charge in [0.2, 0.25) is 0 Å². The Kier molecular flexibility index (Phi) is 7.75. The smallest absolute Gasteiger partial charge is 0.310 e. The van der Waals surface area contributed by atoms with Crippen LogP contribution in [-0.4, -0.2) is 63.7 Å². The third-order valence-corrected chi connectivity index (χ3v) is 5.02. The highest BCUT2D eigenvalue weighted by Gasteiger charge is 2.36. The van der Waals surface area contributed by atoms with E-state index in [4.69, 9.17) is 4.74 Å². The second-order valence-corrected chi connectivity index (χ2v) is 6.75. The van der Waals surface area contributed by atoms with E-state index >= 15 is 0 Å². The van der Waals surface area contributed by atoms with Crippen LogP contribution in [0.2, 0.25) is 0 Å². The Morgan fingerprint density at radius 3 is 2.69 bits per heavy atom. The van der Waals surface area contributed by atoms with Crippen LogP contribution < -0.4 is 10.2 Å². The summed E-state index contributed by atoms with van der Waals surface area (Å²) in [4.78, 5) is 20.8. The molecule has 0 spiro atoms. The molecule has 2 rings (SSSR count). The van der Waals surface area contributed by atoms with Crippen molar-refractivity contribution in [3.8, 4) is 0 Å². The zero-order valence-electron chi connectivity index (χ0n) is 16.4. The summed E-state index contributed by atoms with van der Waals surface area (Å²) < 4.78 is 4.91. The summed E-state index contributed by atoms with van der Waals surface area (Å²) in [5, 5.41) is 3.44. The number of para-hydroxylation sites is 1. The molecule has 0 aliphatic carbocycles. The maximum atomic E-state index is 11.9. The number of hydrogen-bond acceptors (Lipinski definition) is 4. The lowest BCUT2D eigenvalue weighted by molar-refractivity contribution is -0.145. The van der Waals surface area contributed by atoms with E-state index in [2.05, 4.69) is 58.2 Å². The van der Waals surface area contributed by atoms with Gasteiger partial charge in [-0.05, 0) is 31.4 Å². The minimum absolute atomic E-state index is 0.0767. The number of ether oxygens (including phenoxy) is 1. The van der Waals surface area contributed by atoms with Gasteiger partial charge in [0.15, 0.2) is 5.96 Å². The van der Waals surface area contributed by atoms with Gasteiger partial charge in [-0.2, -0.15) is 0 Å². The molecule has 1 saturated heterocycles. The molecule has 1 heterocycles. The number of rotatable bonds is 7. The molecule has 6 nitrogen and oxygen atoms in total. The van der Waals surface area contributed by atoms with E-state index in [-0.39, 0.29) is 17.8 Å². The number of hydrogen-bond donors (Lipinski definition) is 1. The van der Waals surface area contributed by atoms with Crippen LogP contribution in [0.4, 0.5) is 5.69 Å². The second-order valence-electron chi connectivity index (χ2n) is 6.75. The topological polar surface area (TPSA) is 57.2 Å². The van der Waals surface area contributed by atoms with Crippen molar-refractivity contribution in [1.82, 2.24) is 10.2 Å². The van der Waals surface area contributed by atoms with Crippen LogP contribution in [-0.2, 0) is 9.53 Å². The lowest BCUT2D eigenvalue weighted by atomic mass is 9.99. The van der Waals surface area contributed by atoms with Gasteiger partial charge in [0.05, 0.1) is 13.0 Å². The zero-order chi connectivity index (χ0) is 18.9. The highest BCUT2D eigenvalue weighted by Crippen LogP contribution is 2.24. The average Bonchev–Trinajstić information content (AvgIpc) is 3.06. The van der Waals surface area contributed by atoms with E-state index in [0.717, 1.165) is 38.6 Å². The molecule has 0 bridgehead atoms. The molecule has 2 atom stereocenters. The van der Waals surface area contributed by atoms with Gasteiger partial charge < -0.3 is 19.9 Å². The molecular formula is C20H32N4O2. The number of nitrogens with one attached hydrogen (secondary N) is 1. The quantitative estimate of drug-likeness (QED) is 0.350. The number of methoxy groups -OCH3 is 1. The van der Waals surface area contributed by atoms with Crippen molar-refractivity contribution < 1.29 is 9.53 Å². The first kappa shape index (κ1) is 20.1. The molecule has 1 aliphatic rings. The molecule has 1 aliphatic heterocycles. The van der Waals surface area contributed by atoms with Crippen molar-refractivity contribution in [3.05, 3.63) is 30.3 Å². The van der Waals surface area contributed by atoms with E-state index < -0.39 is 0 Å². The standard InChI is InChI=1S/C20H32N4O2/c1-5-23(17-10-7-6-8-11-17)13-9-12-22-20(21-3)24-14-16(2)18(15-24)19(25)26-4/h6-8,10-11,16,18H,5,9,12-15H2,1-4H3,(H,21,22). The lowest BCUT2D eigenvalue weighted by Gasteiger charge is -2.25. The lowest BCUT2D eigenvalue weighted by Crippen LogP contribution is -2.41. The Hall–Kier alpha value is -2.24. The SMILES string of the molecule is CCN(CCCNC(=NC)N1CC(C)C(C(=O)OC)C1)c1ccccc1. The van der Waals surface area contributed by atoms with Gasteiger partial charge in [0.1, 0.15) is 0 Å². The van der Waals surface area contributed by atoms with Gasteiger partial charge in [-0.3, -0.25) is 9.79 Å². The fourth-order valence-electron chi connectivity index (χ4n) is 3.51. The predicted molar refractivity (Wildman–Crippen MR) is 107 cm³/mol. The number of nitrogens with zero attached hydrogens (tertiary/aromatic N) is 3.